The number of nitrogens with one attached hydrogen (secondary N) is 1. The SMILES string of the molecule is O=C(NCCc1cccc(O)c1)c1ccc(F)cc1F. The summed E-state index contributed by atoms with van der Waals surface area (Å²) in [6, 6.07) is 9.46. The number of benzene rings is 2. The highest BCUT2D eigenvalue weighted by molar-refractivity contribution is 5.94. The standard InChI is InChI=1S/C15H13F2NO2/c16-11-4-5-13(14(17)9-11)15(20)18-7-6-10-2-1-3-12(19)8-10/h1-5,8-9,19H,6-7H2,(H,18,20). The van der Waals surface area contributed by atoms with E-state index in [0.29, 0.717) is 19.0 Å². The van der Waals surface area contributed by atoms with E-state index in [1.54, 1.807) is 18.2 Å². The molecule has 104 valence electrons. The molecule has 0 heterocycles. The molecular formula is C15H13F2NO2. The van der Waals surface area contributed by atoms with Crippen molar-refractivity contribution in [3.8, 4) is 5.75 Å². The van der Waals surface area contributed by atoms with Crippen LogP contribution >= 0.6 is 0 Å². The fraction of sp³-hybridized carbons (Fsp3) is 0.133. The van der Waals surface area contributed by atoms with Gasteiger partial charge in [0.15, 0.2) is 0 Å². The van der Waals surface area contributed by atoms with Crippen LogP contribution in [0.4, 0.5) is 8.78 Å². The third-order valence-electron chi connectivity index (χ3n) is 2.79. The van der Waals surface area contributed by atoms with Gasteiger partial charge in [0, 0.05) is 12.6 Å². The Bertz CT molecular complexity index is 629. The zero-order chi connectivity index (χ0) is 14.5. The van der Waals surface area contributed by atoms with Crippen LogP contribution in [0, 0.1) is 11.6 Å². The first-order valence-corrected chi connectivity index (χ1v) is 6.07. The highest BCUT2D eigenvalue weighted by Gasteiger charge is 2.11. The number of halogens is 2. The Hall–Kier alpha value is -2.43. The van der Waals surface area contributed by atoms with Crippen LogP contribution in [0.25, 0.3) is 0 Å². The summed E-state index contributed by atoms with van der Waals surface area (Å²) in [4.78, 5) is 11.7. The zero-order valence-electron chi connectivity index (χ0n) is 10.6. The molecule has 0 saturated carbocycles. The molecule has 20 heavy (non-hydrogen) atoms. The van der Waals surface area contributed by atoms with Crippen molar-refractivity contribution in [2.75, 3.05) is 6.54 Å². The lowest BCUT2D eigenvalue weighted by atomic mass is 10.1. The Morgan fingerprint density at radius 1 is 1.15 bits per heavy atom. The van der Waals surface area contributed by atoms with Crippen molar-refractivity contribution in [2.24, 2.45) is 0 Å². The molecule has 0 saturated heterocycles. The van der Waals surface area contributed by atoms with Crippen molar-refractivity contribution in [2.45, 2.75) is 6.42 Å². The van der Waals surface area contributed by atoms with Gasteiger partial charge in [-0.1, -0.05) is 12.1 Å². The van der Waals surface area contributed by atoms with E-state index in [2.05, 4.69) is 5.32 Å². The summed E-state index contributed by atoms with van der Waals surface area (Å²) in [7, 11) is 0. The second-order valence-electron chi connectivity index (χ2n) is 4.30. The van der Waals surface area contributed by atoms with Gasteiger partial charge in [0.1, 0.15) is 17.4 Å². The van der Waals surface area contributed by atoms with Crippen molar-refractivity contribution in [3.05, 3.63) is 65.2 Å². The van der Waals surface area contributed by atoms with E-state index in [4.69, 9.17) is 0 Å². The van der Waals surface area contributed by atoms with Crippen LogP contribution in [0.2, 0.25) is 0 Å². The number of amides is 1. The monoisotopic (exact) mass is 277 g/mol. The van der Waals surface area contributed by atoms with E-state index in [1.807, 2.05) is 6.07 Å². The van der Waals surface area contributed by atoms with Crippen molar-refractivity contribution >= 4 is 5.91 Å². The molecule has 0 aliphatic heterocycles. The van der Waals surface area contributed by atoms with E-state index >= 15 is 0 Å². The Morgan fingerprint density at radius 3 is 2.65 bits per heavy atom. The van der Waals surface area contributed by atoms with Crippen LogP contribution in [0.5, 0.6) is 5.75 Å². The maximum Gasteiger partial charge on any atom is 0.254 e. The van der Waals surface area contributed by atoms with Crippen LogP contribution in [0.15, 0.2) is 42.5 Å². The van der Waals surface area contributed by atoms with Gasteiger partial charge in [0.2, 0.25) is 0 Å². The molecule has 3 nitrogen and oxygen atoms in total. The Kier molecular flexibility index (Phi) is 4.30. The minimum Gasteiger partial charge on any atom is -0.508 e. The van der Waals surface area contributed by atoms with Gasteiger partial charge in [-0.05, 0) is 36.2 Å². The minimum atomic E-state index is -0.889. The van der Waals surface area contributed by atoms with Crippen LogP contribution < -0.4 is 5.32 Å². The fourth-order valence-corrected chi connectivity index (χ4v) is 1.80. The second kappa shape index (κ2) is 6.14. The van der Waals surface area contributed by atoms with Crippen LogP contribution in [0.3, 0.4) is 0 Å². The van der Waals surface area contributed by atoms with Gasteiger partial charge >= 0.3 is 0 Å². The Balaban J connectivity index is 1.92. The number of hydrogen-bond acceptors (Lipinski definition) is 2. The lowest BCUT2D eigenvalue weighted by Crippen LogP contribution is -2.26. The second-order valence-corrected chi connectivity index (χ2v) is 4.30. The molecule has 0 spiro atoms. The smallest absolute Gasteiger partial charge is 0.254 e. The molecule has 0 radical (unpaired) electrons. The maximum atomic E-state index is 13.4. The van der Waals surface area contributed by atoms with Crippen LogP contribution in [0.1, 0.15) is 15.9 Å². The van der Waals surface area contributed by atoms with E-state index in [9.17, 15) is 18.7 Å². The third-order valence-corrected chi connectivity index (χ3v) is 2.79. The van der Waals surface area contributed by atoms with Gasteiger partial charge in [-0.15, -0.1) is 0 Å². The molecule has 2 aromatic carbocycles. The third kappa shape index (κ3) is 3.54. The molecule has 1 amide bonds. The van der Waals surface area contributed by atoms with Crippen molar-refractivity contribution in [1.82, 2.24) is 5.32 Å². The maximum absolute atomic E-state index is 13.4. The molecule has 0 aromatic heterocycles. The molecule has 2 rings (SSSR count). The lowest BCUT2D eigenvalue weighted by Gasteiger charge is -2.06. The first kappa shape index (κ1) is 14.0. The molecule has 0 fully saturated rings. The number of phenols is 1. The van der Waals surface area contributed by atoms with Crippen molar-refractivity contribution < 1.29 is 18.7 Å². The lowest BCUT2D eigenvalue weighted by molar-refractivity contribution is 0.0950. The number of carbonyl (C=O) groups excluding carboxylic acids is 1. The summed E-state index contributed by atoms with van der Waals surface area (Å²) in [5, 5.41) is 11.8. The quantitative estimate of drug-likeness (QED) is 0.902. The topological polar surface area (TPSA) is 49.3 Å². The molecule has 2 N–H and O–H groups in total. The van der Waals surface area contributed by atoms with Gasteiger partial charge in [-0.25, -0.2) is 8.78 Å². The predicted octanol–water partition coefficient (Wildman–Crippen LogP) is 2.64. The Labute approximate surface area is 114 Å². The summed E-state index contributed by atoms with van der Waals surface area (Å²) < 4.78 is 26.1. The molecule has 0 aliphatic carbocycles. The average Bonchev–Trinajstić information content (AvgIpc) is 2.38. The molecule has 0 bridgehead atoms. The molecular weight excluding hydrogens is 264 g/mol. The number of carbonyl (C=O) groups is 1. The van der Waals surface area contributed by atoms with E-state index in [-0.39, 0.29) is 11.3 Å². The molecule has 0 atom stereocenters. The molecule has 5 heteroatoms. The normalized spacial score (nSPS) is 10.3. The van der Waals surface area contributed by atoms with Gasteiger partial charge < -0.3 is 10.4 Å². The van der Waals surface area contributed by atoms with Crippen LogP contribution in [-0.4, -0.2) is 17.6 Å². The van der Waals surface area contributed by atoms with Gasteiger partial charge in [0.25, 0.3) is 5.91 Å². The number of aromatic hydroxyl groups is 1. The zero-order valence-corrected chi connectivity index (χ0v) is 10.6. The highest BCUT2D eigenvalue weighted by Crippen LogP contribution is 2.11. The predicted molar refractivity (Wildman–Crippen MR) is 70.5 cm³/mol. The summed E-state index contributed by atoms with van der Waals surface area (Å²) >= 11 is 0. The fourth-order valence-electron chi connectivity index (χ4n) is 1.80. The first-order chi connectivity index (χ1) is 9.56. The van der Waals surface area contributed by atoms with Crippen molar-refractivity contribution in [3.63, 3.8) is 0 Å². The average molecular weight is 277 g/mol. The summed E-state index contributed by atoms with van der Waals surface area (Å²) in [5.74, 6) is -2.06. The highest BCUT2D eigenvalue weighted by atomic mass is 19.1. The van der Waals surface area contributed by atoms with E-state index in [1.165, 1.54) is 0 Å². The minimum absolute atomic E-state index is 0.151. The summed E-state index contributed by atoms with van der Waals surface area (Å²) in [5.41, 5.74) is 0.659. The van der Waals surface area contributed by atoms with Gasteiger partial charge in [-0.2, -0.15) is 0 Å². The van der Waals surface area contributed by atoms with Gasteiger partial charge in [-0.3, -0.25) is 4.79 Å². The molecule has 0 unspecified atom stereocenters. The van der Waals surface area contributed by atoms with E-state index < -0.39 is 17.5 Å². The van der Waals surface area contributed by atoms with Gasteiger partial charge in [0.05, 0.1) is 5.56 Å². The van der Waals surface area contributed by atoms with Crippen LogP contribution in [-0.2, 0) is 6.42 Å². The van der Waals surface area contributed by atoms with E-state index in [0.717, 1.165) is 17.7 Å². The number of phenolic OH excluding ortho intramolecular Hbond substituents is 1. The first-order valence-electron chi connectivity index (χ1n) is 6.07. The number of rotatable bonds is 4. The summed E-state index contributed by atoms with van der Waals surface area (Å²) in [6.45, 7) is 0.291. The Morgan fingerprint density at radius 2 is 1.95 bits per heavy atom. The molecule has 0 aliphatic rings. The number of hydrogen-bond donors (Lipinski definition) is 2. The largest absolute Gasteiger partial charge is 0.508 e. The van der Waals surface area contributed by atoms with Crippen molar-refractivity contribution in [1.29, 1.82) is 0 Å². The summed E-state index contributed by atoms with van der Waals surface area (Å²) in [6.07, 6.45) is 0.503. The molecule has 2 aromatic rings.